The van der Waals surface area contributed by atoms with Gasteiger partial charge in [0.1, 0.15) is 6.61 Å². The minimum atomic E-state index is 0.235. The predicted octanol–water partition coefficient (Wildman–Crippen LogP) is 4.06. The summed E-state index contributed by atoms with van der Waals surface area (Å²) < 4.78 is 9.34. The van der Waals surface area contributed by atoms with Gasteiger partial charge in [0.25, 0.3) is 0 Å². The van der Waals surface area contributed by atoms with Crippen molar-refractivity contribution in [2.75, 3.05) is 12.4 Å². The fourth-order valence-electron chi connectivity index (χ4n) is 2.23. The molecule has 1 aromatic carbocycles. The molecule has 0 saturated heterocycles. The molecule has 1 heterocycles. The predicted molar refractivity (Wildman–Crippen MR) is 87.6 cm³/mol. The van der Waals surface area contributed by atoms with Gasteiger partial charge >= 0.3 is 0 Å². The maximum absolute atomic E-state index is 5.06. The Kier molecular flexibility index (Phi) is 5.70. The van der Waals surface area contributed by atoms with E-state index in [0.29, 0.717) is 12.5 Å². The first-order valence-corrected chi connectivity index (χ1v) is 8.08. The van der Waals surface area contributed by atoms with Gasteiger partial charge in [-0.3, -0.25) is 0 Å². The fraction of sp³-hybridized carbons (Fsp3) is 0.500. The number of rotatable bonds is 7. The van der Waals surface area contributed by atoms with E-state index in [4.69, 9.17) is 4.74 Å². The van der Waals surface area contributed by atoms with Crippen LogP contribution in [0, 0.1) is 5.92 Å². The third kappa shape index (κ3) is 4.25. The van der Waals surface area contributed by atoms with Gasteiger partial charge in [-0.15, -0.1) is 0 Å². The standard InChI is InChI=1S/C16H23N3OS/c1-5-12-6-8-13(9-7-12)15(11(2)3)18-16-17-14(10-20-4)19-21-16/h6-9,11,15H,5,10H2,1-4H3,(H,17,18,19). The van der Waals surface area contributed by atoms with Gasteiger partial charge in [-0.2, -0.15) is 4.37 Å². The van der Waals surface area contributed by atoms with Crippen LogP contribution in [0.1, 0.15) is 43.8 Å². The molecule has 0 bridgehead atoms. The van der Waals surface area contributed by atoms with Crippen LogP contribution in [-0.4, -0.2) is 16.5 Å². The van der Waals surface area contributed by atoms with E-state index in [1.165, 1.54) is 22.7 Å². The summed E-state index contributed by atoms with van der Waals surface area (Å²) in [5.41, 5.74) is 2.64. The zero-order valence-corrected chi connectivity index (χ0v) is 13.9. The third-order valence-electron chi connectivity index (χ3n) is 3.43. The Labute approximate surface area is 130 Å². The Balaban J connectivity index is 2.13. The van der Waals surface area contributed by atoms with Crippen LogP contribution in [0.25, 0.3) is 0 Å². The van der Waals surface area contributed by atoms with E-state index in [1.807, 2.05) is 0 Å². The highest BCUT2D eigenvalue weighted by Gasteiger charge is 2.17. The summed E-state index contributed by atoms with van der Waals surface area (Å²) in [6, 6.07) is 9.03. The van der Waals surface area contributed by atoms with Crippen LogP contribution in [0.2, 0.25) is 0 Å². The average Bonchev–Trinajstić information content (AvgIpc) is 2.92. The monoisotopic (exact) mass is 305 g/mol. The maximum Gasteiger partial charge on any atom is 0.203 e. The molecule has 0 aliphatic rings. The maximum atomic E-state index is 5.06. The second-order valence-corrected chi connectivity index (χ2v) is 6.16. The Morgan fingerprint density at radius 3 is 2.52 bits per heavy atom. The second kappa shape index (κ2) is 7.52. The largest absolute Gasteiger partial charge is 0.377 e. The fourth-order valence-corrected chi connectivity index (χ4v) is 2.84. The van der Waals surface area contributed by atoms with E-state index in [1.54, 1.807) is 7.11 Å². The highest BCUT2D eigenvalue weighted by Crippen LogP contribution is 2.27. The number of nitrogens with zero attached hydrogens (tertiary/aromatic N) is 2. The Morgan fingerprint density at radius 2 is 1.95 bits per heavy atom. The van der Waals surface area contributed by atoms with Crippen molar-refractivity contribution < 1.29 is 4.74 Å². The van der Waals surface area contributed by atoms with Crippen LogP contribution in [0.3, 0.4) is 0 Å². The summed E-state index contributed by atoms with van der Waals surface area (Å²) in [5, 5.41) is 4.35. The molecule has 114 valence electrons. The number of hydrogen-bond donors (Lipinski definition) is 1. The van der Waals surface area contributed by atoms with Gasteiger partial charge in [0, 0.05) is 18.6 Å². The van der Waals surface area contributed by atoms with Gasteiger partial charge in [-0.1, -0.05) is 45.0 Å². The van der Waals surface area contributed by atoms with Crippen LogP contribution < -0.4 is 5.32 Å². The molecule has 5 heteroatoms. The van der Waals surface area contributed by atoms with Crippen molar-refractivity contribution >= 4 is 16.7 Å². The van der Waals surface area contributed by atoms with Crippen molar-refractivity contribution in [3.63, 3.8) is 0 Å². The van der Waals surface area contributed by atoms with E-state index in [-0.39, 0.29) is 6.04 Å². The van der Waals surface area contributed by atoms with Crippen molar-refractivity contribution in [3.05, 3.63) is 41.2 Å². The topological polar surface area (TPSA) is 47.0 Å². The molecule has 2 aromatic rings. The molecule has 1 aromatic heterocycles. The molecular formula is C16H23N3OS. The number of hydrogen-bond acceptors (Lipinski definition) is 5. The van der Waals surface area contributed by atoms with E-state index >= 15 is 0 Å². The minimum absolute atomic E-state index is 0.235. The number of nitrogens with one attached hydrogen (secondary N) is 1. The molecule has 0 saturated carbocycles. The average molecular weight is 305 g/mol. The summed E-state index contributed by atoms with van der Waals surface area (Å²) in [4.78, 5) is 4.45. The molecule has 0 aliphatic carbocycles. The van der Waals surface area contributed by atoms with Crippen LogP contribution in [0.15, 0.2) is 24.3 Å². The minimum Gasteiger partial charge on any atom is -0.377 e. The van der Waals surface area contributed by atoms with E-state index in [2.05, 4.69) is 59.7 Å². The third-order valence-corrected chi connectivity index (χ3v) is 4.12. The van der Waals surface area contributed by atoms with Gasteiger partial charge < -0.3 is 10.1 Å². The number of aromatic nitrogens is 2. The molecule has 0 aliphatic heterocycles. The van der Waals surface area contributed by atoms with Gasteiger partial charge in [0.05, 0.1) is 6.04 Å². The zero-order valence-electron chi connectivity index (χ0n) is 13.1. The van der Waals surface area contributed by atoms with Crippen LogP contribution in [0.5, 0.6) is 0 Å². The molecule has 1 N–H and O–H groups in total. The summed E-state index contributed by atoms with van der Waals surface area (Å²) >= 11 is 1.39. The van der Waals surface area contributed by atoms with E-state index < -0.39 is 0 Å². The van der Waals surface area contributed by atoms with Crippen molar-refractivity contribution in [2.45, 2.75) is 39.8 Å². The first-order chi connectivity index (χ1) is 10.1. The summed E-state index contributed by atoms with van der Waals surface area (Å²) in [6.07, 6.45) is 1.07. The smallest absolute Gasteiger partial charge is 0.203 e. The molecule has 0 spiro atoms. The Hall–Kier alpha value is -1.46. The van der Waals surface area contributed by atoms with Crippen LogP contribution >= 0.6 is 11.5 Å². The lowest BCUT2D eigenvalue weighted by molar-refractivity contribution is 0.179. The number of ether oxygens (including phenoxy) is 1. The normalized spacial score (nSPS) is 12.6. The van der Waals surface area contributed by atoms with Crippen molar-refractivity contribution in [1.29, 1.82) is 0 Å². The highest BCUT2D eigenvalue weighted by atomic mass is 32.1. The zero-order chi connectivity index (χ0) is 15.2. The Bertz CT molecular complexity index is 551. The quantitative estimate of drug-likeness (QED) is 0.838. The molecule has 1 unspecified atom stereocenters. The number of methoxy groups -OCH3 is 1. The molecule has 0 radical (unpaired) electrons. The van der Waals surface area contributed by atoms with Gasteiger partial charge in [-0.25, -0.2) is 4.98 Å². The van der Waals surface area contributed by atoms with E-state index in [0.717, 1.165) is 17.4 Å². The van der Waals surface area contributed by atoms with Crippen molar-refractivity contribution in [3.8, 4) is 0 Å². The first-order valence-electron chi connectivity index (χ1n) is 7.31. The number of anilines is 1. The molecule has 0 fully saturated rings. The molecular weight excluding hydrogens is 282 g/mol. The summed E-state index contributed by atoms with van der Waals surface area (Å²) in [6.45, 7) is 7.05. The summed E-state index contributed by atoms with van der Waals surface area (Å²) in [7, 11) is 1.65. The highest BCUT2D eigenvalue weighted by molar-refractivity contribution is 7.09. The lowest BCUT2D eigenvalue weighted by Gasteiger charge is -2.22. The van der Waals surface area contributed by atoms with Crippen molar-refractivity contribution in [1.82, 2.24) is 9.36 Å². The molecule has 1 atom stereocenters. The Morgan fingerprint density at radius 1 is 1.24 bits per heavy atom. The molecule has 0 amide bonds. The van der Waals surface area contributed by atoms with Crippen LogP contribution in [0.4, 0.5) is 5.13 Å². The van der Waals surface area contributed by atoms with Gasteiger partial charge in [-0.05, 0) is 23.5 Å². The van der Waals surface area contributed by atoms with Gasteiger partial charge in [0.15, 0.2) is 5.82 Å². The first kappa shape index (κ1) is 15.9. The molecule has 2 rings (SSSR count). The molecule has 21 heavy (non-hydrogen) atoms. The number of aryl methyl sites for hydroxylation is 1. The number of benzene rings is 1. The van der Waals surface area contributed by atoms with Gasteiger partial charge in [0.2, 0.25) is 5.13 Å². The SMILES string of the molecule is CCc1ccc(C(Nc2nc(COC)ns2)C(C)C)cc1. The molecule has 4 nitrogen and oxygen atoms in total. The van der Waals surface area contributed by atoms with Crippen LogP contribution in [-0.2, 0) is 17.8 Å². The second-order valence-electron chi connectivity index (χ2n) is 5.41. The lowest BCUT2D eigenvalue weighted by atomic mass is 9.95. The van der Waals surface area contributed by atoms with E-state index in [9.17, 15) is 0 Å². The van der Waals surface area contributed by atoms with Crippen molar-refractivity contribution in [2.24, 2.45) is 5.92 Å². The summed E-state index contributed by atoms with van der Waals surface area (Å²) in [5.74, 6) is 1.20. The lowest BCUT2D eigenvalue weighted by Crippen LogP contribution is -2.16.